The third-order valence-corrected chi connectivity index (χ3v) is 19.9. The molecule has 440 valence electrons. The zero-order valence-corrected chi connectivity index (χ0v) is 43.2. The van der Waals surface area contributed by atoms with E-state index in [1.54, 1.807) is 0 Å². The average molecular weight is 1100 g/mol. The first-order valence-electron chi connectivity index (χ1n) is 27.1. The molecule has 4 aliphatic carbocycles. The van der Waals surface area contributed by atoms with Crippen molar-refractivity contribution in [2.45, 2.75) is 226 Å². The van der Waals surface area contributed by atoms with E-state index >= 15 is 0 Å². The number of aliphatic hydroxyl groups excluding tert-OH is 15. The van der Waals surface area contributed by atoms with Crippen molar-refractivity contribution < 1.29 is 129 Å². The SMILES string of the molecule is CC(CCC1(O)OC2CC3C4CC(O)C5CC(OC6OC(CO)C(OC7OC(CO)C(OC8OC(O)(CO)C(O)C8O)C(O)C7O)C(O)C6O)C(O)CC5(C)C4CCC3(C)C2C1C)COC1OC(CO)C(O)C(O)C1O. The van der Waals surface area contributed by atoms with E-state index in [2.05, 4.69) is 13.8 Å². The maximum Gasteiger partial charge on any atom is 0.221 e. The number of ether oxygens (including phenoxy) is 9. The van der Waals surface area contributed by atoms with Crippen LogP contribution in [0, 0.1) is 52.3 Å². The van der Waals surface area contributed by atoms with E-state index in [1.165, 1.54) is 0 Å². The van der Waals surface area contributed by atoms with Gasteiger partial charge in [-0.05, 0) is 91.3 Å². The molecule has 26 heteroatoms. The van der Waals surface area contributed by atoms with Crippen molar-refractivity contribution in [3.63, 3.8) is 0 Å². The van der Waals surface area contributed by atoms with E-state index in [4.69, 9.17) is 42.6 Å². The van der Waals surface area contributed by atoms with Gasteiger partial charge in [-0.3, -0.25) is 0 Å². The maximum absolute atomic E-state index is 12.1. The summed E-state index contributed by atoms with van der Waals surface area (Å²) in [5.41, 5.74) is -0.750. The summed E-state index contributed by atoms with van der Waals surface area (Å²) < 4.78 is 52.1. The van der Waals surface area contributed by atoms with E-state index in [-0.39, 0.29) is 72.4 Å². The molecule has 0 aromatic carbocycles. The fraction of sp³-hybridized carbons (Fsp3) is 1.00. The number of fused-ring (bicyclic) bond motifs is 7. The van der Waals surface area contributed by atoms with E-state index in [0.29, 0.717) is 25.7 Å². The lowest BCUT2D eigenvalue weighted by atomic mass is 9.43. The predicted molar refractivity (Wildman–Crippen MR) is 250 cm³/mol. The lowest BCUT2D eigenvalue weighted by Crippen LogP contribution is -2.66. The van der Waals surface area contributed by atoms with Crippen LogP contribution in [-0.4, -0.2) is 266 Å². The molecule has 0 aromatic rings. The monoisotopic (exact) mass is 1100 g/mol. The Hall–Kier alpha value is -1.04. The molecule has 26 nitrogen and oxygen atoms in total. The topological polar surface area (TPSA) is 427 Å². The van der Waals surface area contributed by atoms with Crippen LogP contribution in [0.1, 0.15) is 79.1 Å². The zero-order chi connectivity index (χ0) is 55.3. The van der Waals surface area contributed by atoms with Gasteiger partial charge in [0.15, 0.2) is 30.9 Å². The van der Waals surface area contributed by atoms with Crippen molar-refractivity contribution >= 4 is 0 Å². The lowest BCUT2D eigenvalue weighted by Gasteiger charge is -2.63. The minimum absolute atomic E-state index is 0.0328. The van der Waals surface area contributed by atoms with Crippen molar-refractivity contribution in [1.29, 1.82) is 0 Å². The van der Waals surface area contributed by atoms with Gasteiger partial charge in [0, 0.05) is 12.3 Å². The van der Waals surface area contributed by atoms with Gasteiger partial charge < -0.3 is 129 Å². The highest BCUT2D eigenvalue weighted by molar-refractivity contribution is 5.17. The number of hydrogen-bond donors (Lipinski definition) is 17. The maximum atomic E-state index is 12.1. The fourth-order valence-electron chi connectivity index (χ4n) is 15.6. The van der Waals surface area contributed by atoms with E-state index in [1.807, 2.05) is 13.8 Å². The van der Waals surface area contributed by atoms with Gasteiger partial charge in [-0.15, -0.1) is 0 Å². The molecule has 5 saturated heterocycles. The van der Waals surface area contributed by atoms with Gasteiger partial charge in [-0.2, -0.15) is 0 Å². The summed E-state index contributed by atoms with van der Waals surface area (Å²) in [6.07, 6.45) is -29.3. The molecule has 0 amide bonds. The third-order valence-electron chi connectivity index (χ3n) is 19.9. The van der Waals surface area contributed by atoms with Crippen molar-refractivity contribution in [1.82, 2.24) is 0 Å². The summed E-state index contributed by atoms with van der Waals surface area (Å²) in [6.45, 7) is 5.02. The highest BCUT2D eigenvalue weighted by Gasteiger charge is 2.70. The van der Waals surface area contributed by atoms with E-state index in [9.17, 15) is 86.8 Å². The molecular weight excluding hydrogens is 1020 g/mol. The Morgan fingerprint density at radius 1 is 0.566 bits per heavy atom. The molecule has 0 aromatic heterocycles. The molecule has 9 rings (SSSR count). The predicted octanol–water partition coefficient (Wildman–Crippen LogP) is -6.05. The van der Waals surface area contributed by atoms with Crippen LogP contribution in [0.3, 0.4) is 0 Å². The fourth-order valence-corrected chi connectivity index (χ4v) is 15.6. The number of aliphatic hydroxyl groups is 17. The quantitative estimate of drug-likeness (QED) is 0.0640. The Kier molecular flexibility index (Phi) is 17.7. The van der Waals surface area contributed by atoms with Gasteiger partial charge in [0.1, 0.15) is 85.5 Å². The minimum atomic E-state index is -2.63. The van der Waals surface area contributed by atoms with Crippen molar-refractivity contribution in [3.05, 3.63) is 0 Å². The zero-order valence-electron chi connectivity index (χ0n) is 43.2. The first-order valence-corrected chi connectivity index (χ1v) is 27.1. The molecule has 0 bridgehead atoms. The van der Waals surface area contributed by atoms with Gasteiger partial charge in [0.25, 0.3) is 0 Å². The molecule has 0 spiro atoms. The molecule has 5 aliphatic heterocycles. The van der Waals surface area contributed by atoms with Gasteiger partial charge in [-0.1, -0.05) is 27.7 Å². The van der Waals surface area contributed by atoms with Gasteiger partial charge in [0.2, 0.25) is 5.79 Å². The Labute approximate surface area is 439 Å². The molecule has 76 heavy (non-hydrogen) atoms. The second-order valence-corrected chi connectivity index (χ2v) is 24.3. The van der Waals surface area contributed by atoms with Gasteiger partial charge in [-0.25, -0.2) is 0 Å². The molecule has 5 heterocycles. The standard InChI is InChI=1S/C50H84O26/c1-18(16-68-43-36(61)33(58)32(57)28(13-51)70-43)5-8-49(66)19(2)31-27(75-49)10-22-20-9-24(55)23-11-26(25(56)12-48(23,4)21(20)6-7-47(22,31)3)69-44-37(62)34(59)40(29(14-52)71-44)73-45-38(63)35(60)41(30(15-53)72-45)74-46-39(64)42(65)50(67,17-54)76-46/h18-46,51-67H,5-17H2,1-4H3. The third kappa shape index (κ3) is 10.3. The summed E-state index contributed by atoms with van der Waals surface area (Å²) in [5.74, 6) is -4.33. The van der Waals surface area contributed by atoms with Crippen LogP contribution in [0.25, 0.3) is 0 Å². The molecular formula is C50H84O26. The van der Waals surface area contributed by atoms with Crippen molar-refractivity contribution in [2.24, 2.45) is 52.3 Å². The molecule has 33 atom stereocenters. The second kappa shape index (κ2) is 22.6. The number of rotatable bonds is 16. The second-order valence-electron chi connectivity index (χ2n) is 24.3. The van der Waals surface area contributed by atoms with Crippen LogP contribution in [0.15, 0.2) is 0 Å². The van der Waals surface area contributed by atoms with Crippen molar-refractivity contribution in [3.8, 4) is 0 Å². The molecule has 17 N–H and O–H groups in total. The van der Waals surface area contributed by atoms with Crippen LogP contribution in [0.2, 0.25) is 0 Å². The minimum Gasteiger partial charge on any atom is -0.394 e. The van der Waals surface area contributed by atoms with Crippen LogP contribution >= 0.6 is 0 Å². The first-order chi connectivity index (χ1) is 35.8. The summed E-state index contributed by atoms with van der Waals surface area (Å²) in [5, 5.41) is 182. The lowest BCUT2D eigenvalue weighted by molar-refractivity contribution is -0.377. The van der Waals surface area contributed by atoms with Crippen molar-refractivity contribution in [2.75, 3.05) is 33.0 Å². The molecule has 9 fully saturated rings. The van der Waals surface area contributed by atoms with Gasteiger partial charge >= 0.3 is 0 Å². The largest absolute Gasteiger partial charge is 0.394 e. The summed E-state index contributed by atoms with van der Waals surface area (Å²) >= 11 is 0. The summed E-state index contributed by atoms with van der Waals surface area (Å²) in [7, 11) is 0. The normalized spacial score (nSPS) is 56.6. The molecule has 0 radical (unpaired) electrons. The molecule has 33 unspecified atom stereocenters. The van der Waals surface area contributed by atoms with Crippen LogP contribution in [0.4, 0.5) is 0 Å². The van der Waals surface area contributed by atoms with E-state index in [0.717, 1.165) is 12.8 Å². The highest BCUT2D eigenvalue weighted by Crippen LogP contribution is 2.71. The van der Waals surface area contributed by atoms with Crippen LogP contribution < -0.4 is 0 Å². The summed E-state index contributed by atoms with van der Waals surface area (Å²) in [6, 6.07) is 0. The Morgan fingerprint density at radius 2 is 1.14 bits per heavy atom. The Bertz CT molecular complexity index is 1940. The smallest absolute Gasteiger partial charge is 0.221 e. The number of hydrogen-bond acceptors (Lipinski definition) is 26. The Balaban J connectivity index is 0.787. The summed E-state index contributed by atoms with van der Waals surface area (Å²) in [4.78, 5) is 0. The van der Waals surface area contributed by atoms with Crippen LogP contribution in [-0.2, 0) is 42.6 Å². The van der Waals surface area contributed by atoms with Gasteiger partial charge in [0.05, 0.1) is 57.5 Å². The molecule has 4 saturated carbocycles. The Morgan fingerprint density at radius 3 is 1.74 bits per heavy atom. The first kappa shape index (κ1) is 59.6. The van der Waals surface area contributed by atoms with E-state index < -0.39 is 172 Å². The average Bonchev–Trinajstić information content (AvgIpc) is 3.93. The highest BCUT2D eigenvalue weighted by atomic mass is 16.8. The van der Waals surface area contributed by atoms with Crippen LogP contribution in [0.5, 0.6) is 0 Å². The molecule has 9 aliphatic rings.